The fraction of sp³-hybridized carbons (Fsp3) is 0.500. The van der Waals surface area contributed by atoms with Gasteiger partial charge in [0.1, 0.15) is 0 Å². The van der Waals surface area contributed by atoms with Crippen LogP contribution < -0.4 is 0 Å². The lowest BCUT2D eigenvalue weighted by molar-refractivity contribution is 0.748. The molecule has 1 heteroatoms. The molecular weight excluding hydrogens is 224 g/mol. The molecule has 72 valence electrons. The second kappa shape index (κ2) is 5.43. The molecule has 0 nitrogen and oxygen atoms in total. The lowest BCUT2D eigenvalue weighted by Crippen LogP contribution is -1.98. The van der Waals surface area contributed by atoms with Crippen molar-refractivity contribution in [2.24, 2.45) is 0 Å². The van der Waals surface area contributed by atoms with Gasteiger partial charge in [-0.3, -0.25) is 0 Å². The van der Waals surface area contributed by atoms with E-state index in [2.05, 4.69) is 54.0 Å². The van der Waals surface area contributed by atoms with Crippen molar-refractivity contribution in [3.8, 4) is 0 Å². The Balaban J connectivity index is 2.78. The Morgan fingerprint density at radius 3 is 2.15 bits per heavy atom. The molecule has 0 aliphatic heterocycles. The van der Waals surface area contributed by atoms with Crippen molar-refractivity contribution in [3.63, 3.8) is 0 Å². The zero-order valence-electron chi connectivity index (χ0n) is 8.39. The summed E-state index contributed by atoms with van der Waals surface area (Å²) in [5.74, 6) is 0.672. The molecule has 0 amide bonds. The fourth-order valence-corrected chi connectivity index (χ4v) is 2.29. The van der Waals surface area contributed by atoms with Crippen LogP contribution in [-0.4, -0.2) is 5.33 Å². The molecule has 0 aromatic heterocycles. The highest BCUT2D eigenvalue weighted by molar-refractivity contribution is 9.09. The summed E-state index contributed by atoms with van der Waals surface area (Å²) in [5.41, 5.74) is 2.88. The molecule has 0 aliphatic rings. The van der Waals surface area contributed by atoms with Gasteiger partial charge in [-0.1, -0.05) is 54.0 Å². The molecule has 0 heterocycles. The minimum Gasteiger partial charge on any atom is -0.0921 e. The van der Waals surface area contributed by atoms with E-state index in [1.807, 2.05) is 0 Å². The molecule has 0 spiro atoms. The zero-order chi connectivity index (χ0) is 9.68. The Kier molecular flexibility index (Phi) is 4.51. The van der Waals surface area contributed by atoms with Crippen LogP contribution in [0.1, 0.15) is 37.3 Å². The van der Waals surface area contributed by atoms with E-state index in [9.17, 15) is 0 Å². The van der Waals surface area contributed by atoms with E-state index in [0.717, 1.165) is 11.8 Å². The van der Waals surface area contributed by atoms with Gasteiger partial charge in [0.25, 0.3) is 0 Å². The smallest absolute Gasteiger partial charge is 0.0100 e. The Morgan fingerprint density at radius 2 is 1.77 bits per heavy atom. The maximum atomic E-state index is 3.55. The average molecular weight is 241 g/mol. The maximum absolute atomic E-state index is 3.55. The van der Waals surface area contributed by atoms with E-state index in [4.69, 9.17) is 0 Å². The molecule has 1 atom stereocenters. The molecule has 1 unspecified atom stereocenters. The fourth-order valence-electron chi connectivity index (χ4n) is 1.46. The lowest BCUT2D eigenvalue weighted by atomic mass is 9.97. The van der Waals surface area contributed by atoms with Crippen molar-refractivity contribution in [1.82, 2.24) is 0 Å². The normalized spacial score (nSPS) is 12.8. The molecule has 13 heavy (non-hydrogen) atoms. The minimum atomic E-state index is 0.672. The second-order valence-electron chi connectivity index (χ2n) is 3.35. The first-order valence-corrected chi connectivity index (χ1v) is 6.08. The zero-order valence-corrected chi connectivity index (χ0v) is 9.97. The van der Waals surface area contributed by atoms with Gasteiger partial charge in [-0.15, -0.1) is 0 Å². The third kappa shape index (κ3) is 2.84. The summed E-state index contributed by atoms with van der Waals surface area (Å²) in [7, 11) is 0. The molecule has 0 saturated heterocycles. The number of rotatable bonds is 4. The summed E-state index contributed by atoms with van der Waals surface area (Å²) in [6.45, 7) is 4.43. The monoisotopic (exact) mass is 240 g/mol. The third-order valence-electron chi connectivity index (χ3n) is 2.54. The molecule has 0 bridgehead atoms. The Hall–Kier alpha value is -0.300. The van der Waals surface area contributed by atoms with Gasteiger partial charge in [0, 0.05) is 5.33 Å². The highest BCUT2D eigenvalue weighted by Gasteiger charge is 2.06. The minimum absolute atomic E-state index is 0.672. The molecule has 1 rings (SSSR count). The van der Waals surface area contributed by atoms with Crippen molar-refractivity contribution in [2.75, 3.05) is 5.33 Å². The van der Waals surface area contributed by atoms with Crippen molar-refractivity contribution in [3.05, 3.63) is 35.4 Å². The summed E-state index contributed by atoms with van der Waals surface area (Å²) in [6, 6.07) is 8.99. The Labute approximate surface area is 89.5 Å². The number of hydrogen-bond donors (Lipinski definition) is 0. The molecule has 0 radical (unpaired) electrons. The highest BCUT2D eigenvalue weighted by atomic mass is 79.9. The number of aryl methyl sites for hydroxylation is 1. The topological polar surface area (TPSA) is 0 Å². The number of alkyl halides is 1. The van der Waals surface area contributed by atoms with E-state index in [1.54, 1.807) is 0 Å². The number of halogens is 1. The van der Waals surface area contributed by atoms with Gasteiger partial charge in [0.2, 0.25) is 0 Å². The highest BCUT2D eigenvalue weighted by Crippen LogP contribution is 2.21. The summed E-state index contributed by atoms with van der Waals surface area (Å²) in [5, 5.41) is 1.06. The molecule has 0 fully saturated rings. The van der Waals surface area contributed by atoms with E-state index in [-0.39, 0.29) is 0 Å². The van der Waals surface area contributed by atoms with Gasteiger partial charge in [-0.05, 0) is 29.9 Å². The maximum Gasteiger partial charge on any atom is 0.0100 e. The molecule has 1 aromatic carbocycles. The predicted molar refractivity (Wildman–Crippen MR) is 62.6 cm³/mol. The molecule has 1 aromatic rings. The summed E-state index contributed by atoms with van der Waals surface area (Å²) in [6.07, 6.45) is 2.34. The third-order valence-corrected chi connectivity index (χ3v) is 3.32. The second-order valence-corrected chi connectivity index (χ2v) is 4.00. The lowest BCUT2D eigenvalue weighted by Gasteiger charge is -2.11. The molecule has 0 aliphatic carbocycles. The van der Waals surface area contributed by atoms with Gasteiger partial charge in [-0.25, -0.2) is 0 Å². The molecule has 0 saturated carbocycles. The average Bonchev–Trinajstić information content (AvgIpc) is 2.21. The van der Waals surface area contributed by atoms with Crippen molar-refractivity contribution >= 4 is 15.9 Å². The first-order chi connectivity index (χ1) is 6.31. The van der Waals surface area contributed by atoms with Gasteiger partial charge < -0.3 is 0 Å². The van der Waals surface area contributed by atoms with Gasteiger partial charge in [-0.2, -0.15) is 0 Å². The van der Waals surface area contributed by atoms with Crippen LogP contribution in [0.25, 0.3) is 0 Å². The van der Waals surface area contributed by atoms with Crippen LogP contribution in [0.5, 0.6) is 0 Å². The SMILES string of the molecule is CCc1ccc(C(CC)CBr)cc1. The van der Waals surface area contributed by atoms with E-state index >= 15 is 0 Å². The standard InChI is InChI=1S/C12H17Br/c1-3-10-5-7-12(8-6-10)11(4-2)9-13/h5-8,11H,3-4,9H2,1-2H3. The van der Waals surface area contributed by atoms with Crippen LogP contribution in [-0.2, 0) is 6.42 Å². The largest absolute Gasteiger partial charge is 0.0921 e. The van der Waals surface area contributed by atoms with Crippen molar-refractivity contribution in [1.29, 1.82) is 0 Å². The number of benzene rings is 1. The summed E-state index contributed by atoms with van der Waals surface area (Å²) < 4.78 is 0. The van der Waals surface area contributed by atoms with E-state index in [0.29, 0.717) is 5.92 Å². The van der Waals surface area contributed by atoms with Crippen LogP contribution in [0.15, 0.2) is 24.3 Å². The van der Waals surface area contributed by atoms with Gasteiger partial charge in [0.15, 0.2) is 0 Å². The quantitative estimate of drug-likeness (QED) is 0.695. The van der Waals surface area contributed by atoms with E-state index < -0.39 is 0 Å². The Bertz CT molecular complexity index is 234. The van der Waals surface area contributed by atoms with E-state index in [1.165, 1.54) is 17.5 Å². The summed E-state index contributed by atoms with van der Waals surface area (Å²) >= 11 is 3.55. The molecule has 0 N–H and O–H groups in total. The first kappa shape index (κ1) is 10.8. The van der Waals surface area contributed by atoms with Gasteiger partial charge >= 0.3 is 0 Å². The molecular formula is C12H17Br. The first-order valence-electron chi connectivity index (χ1n) is 4.96. The van der Waals surface area contributed by atoms with Crippen LogP contribution in [0.4, 0.5) is 0 Å². The number of hydrogen-bond acceptors (Lipinski definition) is 0. The van der Waals surface area contributed by atoms with Crippen LogP contribution in [0, 0.1) is 0 Å². The van der Waals surface area contributed by atoms with Crippen molar-refractivity contribution in [2.45, 2.75) is 32.6 Å². The van der Waals surface area contributed by atoms with Gasteiger partial charge in [0.05, 0.1) is 0 Å². The van der Waals surface area contributed by atoms with Crippen LogP contribution >= 0.6 is 15.9 Å². The van der Waals surface area contributed by atoms with Crippen LogP contribution in [0.3, 0.4) is 0 Å². The predicted octanol–water partition coefficient (Wildman–Crippen LogP) is 4.14. The van der Waals surface area contributed by atoms with Crippen LogP contribution in [0.2, 0.25) is 0 Å². The summed E-state index contributed by atoms with van der Waals surface area (Å²) in [4.78, 5) is 0. The Morgan fingerprint density at radius 1 is 1.15 bits per heavy atom. The van der Waals surface area contributed by atoms with Crippen molar-refractivity contribution < 1.29 is 0 Å².